The van der Waals surface area contributed by atoms with Gasteiger partial charge in [-0.2, -0.15) is 0 Å². The highest BCUT2D eigenvalue weighted by atomic mass is 28.3. The van der Waals surface area contributed by atoms with E-state index >= 15 is 0 Å². The minimum absolute atomic E-state index is 0.918. The summed E-state index contributed by atoms with van der Waals surface area (Å²) in [6.45, 7) is 12.3. The van der Waals surface area contributed by atoms with E-state index in [-0.39, 0.29) is 0 Å². The first-order valence-corrected chi connectivity index (χ1v) is 10.2. The van der Waals surface area contributed by atoms with E-state index in [9.17, 15) is 0 Å². The molecule has 1 rings (SSSR count). The lowest BCUT2D eigenvalue weighted by molar-refractivity contribution is 0.183. The Morgan fingerprint density at radius 3 is 2.75 bits per heavy atom. The molecule has 0 aromatic carbocycles. The summed E-state index contributed by atoms with van der Waals surface area (Å²) in [5.41, 5.74) is 1.44. The van der Waals surface area contributed by atoms with Crippen molar-refractivity contribution in [2.45, 2.75) is 57.8 Å². The van der Waals surface area contributed by atoms with Gasteiger partial charge in [0, 0.05) is 14.5 Å². The third-order valence-electron chi connectivity index (χ3n) is 2.74. The Bertz CT molecular complexity index is 260. The van der Waals surface area contributed by atoms with Crippen molar-refractivity contribution in [3.8, 4) is 0 Å². The molecule has 0 aromatic heterocycles. The third kappa shape index (κ3) is 6.16. The zero-order valence-corrected chi connectivity index (χ0v) is 12.1. The molecule has 92 valence electrons. The molecule has 0 fully saturated rings. The van der Waals surface area contributed by atoms with E-state index in [1.807, 2.05) is 0 Å². The van der Waals surface area contributed by atoms with Crippen LogP contribution < -0.4 is 0 Å². The largest absolute Gasteiger partial charge is 0.498 e. The van der Waals surface area contributed by atoms with Gasteiger partial charge in [-0.05, 0) is 37.8 Å². The smallest absolute Gasteiger partial charge is 0.0920 e. The van der Waals surface area contributed by atoms with Gasteiger partial charge in [-0.15, -0.1) is 6.58 Å². The summed E-state index contributed by atoms with van der Waals surface area (Å²) in [5.74, 6) is 1.21. The van der Waals surface area contributed by atoms with Crippen molar-refractivity contribution in [1.82, 2.24) is 0 Å². The second kappa shape index (κ2) is 6.29. The van der Waals surface area contributed by atoms with Gasteiger partial charge in [-0.1, -0.05) is 25.2 Å². The Labute approximate surface area is 102 Å². The van der Waals surface area contributed by atoms with E-state index in [0.29, 0.717) is 0 Å². The quantitative estimate of drug-likeness (QED) is 0.479. The lowest BCUT2D eigenvalue weighted by Crippen LogP contribution is -2.19. The summed E-state index contributed by atoms with van der Waals surface area (Å²) in [6.07, 6.45) is 8.12. The maximum absolute atomic E-state index is 5.60. The Hall–Kier alpha value is -0.503. The van der Waals surface area contributed by atoms with E-state index in [1.54, 1.807) is 0 Å². The van der Waals surface area contributed by atoms with Crippen LogP contribution in [0.15, 0.2) is 24.0 Å². The molecule has 0 unspecified atom stereocenters. The van der Waals surface area contributed by atoms with E-state index < -0.39 is 8.07 Å². The van der Waals surface area contributed by atoms with Crippen LogP contribution >= 0.6 is 0 Å². The molecular weight excluding hydrogens is 212 g/mol. The lowest BCUT2D eigenvalue weighted by Gasteiger charge is -2.18. The van der Waals surface area contributed by atoms with Crippen molar-refractivity contribution in [2.24, 2.45) is 0 Å². The molecule has 1 aliphatic heterocycles. The van der Waals surface area contributed by atoms with Crippen molar-refractivity contribution < 1.29 is 4.74 Å². The number of allylic oxidation sites excluding steroid dienone is 3. The van der Waals surface area contributed by atoms with Crippen LogP contribution in [0.2, 0.25) is 25.7 Å². The van der Waals surface area contributed by atoms with Gasteiger partial charge in [0.25, 0.3) is 0 Å². The van der Waals surface area contributed by atoms with Crippen molar-refractivity contribution in [3.63, 3.8) is 0 Å². The summed E-state index contributed by atoms with van der Waals surface area (Å²) < 4.78 is 5.60. The van der Waals surface area contributed by atoms with Crippen LogP contribution in [-0.4, -0.2) is 14.7 Å². The third-order valence-corrected chi connectivity index (χ3v) is 4.30. The molecule has 0 spiro atoms. The number of ether oxygens (including phenoxy) is 1. The van der Waals surface area contributed by atoms with E-state index in [2.05, 4.69) is 32.3 Å². The van der Waals surface area contributed by atoms with Gasteiger partial charge in [0.15, 0.2) is 0 Å². The van der Waals surface area contributed by atoms with E-state index in [0.717, 1.165) is 13.0 Å². The van der Waals surface area contributed by atoms with Gasteiger partial charge in [0.05, 0.1) is 12.4 Å². The first-order valence-electron chi connectivity index (χ1n) is 6.46. The summed E-state index contributed by atoms with van der Waals surface area (Å²) in [5, 5.41) is 0. The highest BCUT2D eigenvalue weighted by Crippen LogP contribution is 2.22. The zero-order valence-electron chi connectivity index (χ0n) is 11.1. The molecule has 0 atom stereocenters. The molecule has 16 heavy (non-hydrogen) atoms. The van der Waals surface area contributed by atoms with Gasteiger partial charge >= 0.3 is 0 Å². The first kappa shape index (κ1) is 13.6. The van der Waals surface area contributed by atoms with Crippen LogP contribution in [-0.2, 0) is 4.74 Å². The monoisotopic (exact) mass is 238 g/mol. The second-order valence-electron chi connectivity index (χ2n) is 6.00. The average molecular weight is 238 g/mol. The van der Waals surface area contributed by atoms with Crippen LogP contribution in [0.3, 0.4) is 0 Å². The van der Waals surface area contributed by atoms with Crippen molar-refractivity contribution in [3.05, 3.63) is 24.0 Å². The van der Waals surface area contributed by atoms with Gasteiger partial charge < -0.3 is 4.74 Å². The topological polar surface area (TPSA) is 9.23 Å². The standard InChI is InChI=1S/C14H26OSi/c1-13(12-16(2,3)4)8-7-10-14-9-5-6-11-15-14/h9H,1,5-8,10-12H2,2-4H3. The summed E-state index contributed by atoms with van der Waals surface area (Å²) in [7, 11) is -0.955. The lowest BCUT2D eigenvalue weighted by atomic mass is 10.1. The Balaban J connectivity index is 2.15. The van der Waals surface area contributed by atoms with Crippen LogP contribution in [0.5, 0.6) is 0 Å². The molecule has 2 heteroatoms. The molecule has 0 bridgehead atoms. The van der Waals surface area contributed by atoms with Gasteiger partial charge in [-0.25, -0.2) is 0 Å². The van der Waals surface area contributed by atoms with E-state index in [4.69, 9.17) is 4.74 Å². The molecule has 0 amide bonds. The maximum atomic E-state index is 5.60. The number of rotatable bonds is 6. The van der Waals surface area contributed by atoms with Crippen LogP contribution in [0, 0.1) is 0 Å². The second-order valence-corrected chi connectivity index (χ2v) is 11.5. The molecule has 1 aliphatic rings. The molecule has 1 heterocycles. The van der Waals surface area contributed by atoms with Gasteiger partial charge in [0.1, 0.15) is 0 Å². The predicted molar refractivity (Wildman–Crippen MR) is 74.4 cm³/mol. The first-order chi connectivity index (χ1) is 7.47. The fourth-order valence-corrected chi connectivity index (χ4v) is 3.81. The van der Waals surface area contributed by atoms with Crippen LogP contribution in [0.1, 0.15) is 32.1 Å². The average Bonchev–Trinajstić information content (AvgIpc) is 2.16. The van der Waals surface area contributed by atoms with Crippen molar-refractivity contribution in [2.75, 3.05) is 6.61 Å². The Morgan fingerprint density at radius 2 is 2.19 bits per heavy atom. The summed E-state index contributed by atoms with van der Waals surface area (Å²) in [6, 6.07) is 1.27. The zero-order chi connectivity index (χ0) is 12.0. The fourth-order valence-electron chi connectivity index (χ4n) is 2.13. The SMILES string of the molecule is C=C(CCCC1=CCCCO1)C[Si](C)(C)C. The molecule has 0 N–H and O–H groups in total. The Kier molecular flexibility index (Phi) is 5.33. The fraction of sp³-hybridized carbons (Fsp3) is 0.714. The molecule has 0 aliphatic carbocycles. The molecule has 0 radical (unpaired) electrons. The summed E-state index contributed by atoms with van der Waals surface area (Å²) in [4.78, 5) is 0. The molecular formula is C14H26OSi. The molecule has 1 nitrogen and oxygen atoms in total. The normalized spacial score (nSPS) is 16.6. The van der Waals surface area contributed by atoms with Crippen LogP contribution in [0.25, 0.3) is 0 Å². The number of hydrogen-bond donors (Lipinski definition) is 0. The minimum atomic E-state index is -0.955. The Morgan fingerprint density at radius 1 is 1.44 bits per heavy atom. The molecule has 0 aromatic rings. The van der Waals surface area contributed by atoms with Gasteiger partial charge in [0.2, 0.25) is 0 Å². The highest BCUT2D eigenvalue weighted by Gasteiger charge is 2.14. The molecule has 0 saturated heterocycles. The minimum Gasteiger partial charge on any atom is -0.498 e. The number of hydrogen-bond acceptors (Lipinski definition) is 1. The van der Waals surface area contributed by atoms with E-state index in [1.165, 1.54) is 43.1 Å². The summed E-state index contributed by atoms with van der Waals surface area (Å²) >= 11 is 0. The van der Waals surface area contributed by atoms with Crippen LogP contribution in [0.4, 0.5) is 0 Å². The van der Waals surface area contributed by atoms with Gasteiger partial charge in [-0.3, -0.25) is 0 Å². The highest BCUT2D eigenvalue weighted by molar-refractivity contribution is 6.76. The van der Waals surface area contributed by atoms with Crippen molar-refractivity contribution in [1.29, 1.82) is 0 Å². The van der Waals surface area contributed by atoms with Crippen molar-refractivity contribution >= 4 is 8.07 Å². The maximum Gasteiger partial charge on any atom is 0.0920 e. The predicted octanol–water partition coefficient (Wildman–Crippen LogP) is 4.75. The molecule has 0 saturated carbocycles.